The van der Waals surface area contributed by atoms with E-state index >= 15 is 0 Å². The molecule has 0 saturated carbocycles. The first-order valence-electron chi connectivity index (χ1n) is 7.84. The number of halogens is 1. The first-order valence-corrected chi connectivity index (χ1v) is 8.22. The van der Waals surface area contributed by atoms with Crippen LogP contribution in [0.4, 0.5) is 0 Å². The molecule has 0 radical (unpaired) electrons. The number of hydrogen-bond acceptors (Lipinski definition) is 3. The second kappa shape index (κ2) is 8.45. The van der Waals surface area contributed by atoms with Crippen LogP contribution in [0.3, 0.4) is 0 Å². The third-order valence-electron chi connectivity index (χ3n) is 3.65. The van der Waals surface area contributed by atoms with Gasteiger partial charge in [-0.1, -0.05) is 35.9 Å². The van der Waals surface area contributed by atoms with E-state index in [0.29, 0.717) is 24.7 Å². The molecule has 0 atom stereocenters. The van der Waals surface area contributed by atoms with E-state index in [1.807, 2.05) is 32.0 Å². The van der Waals surface area contributed by atoms with E-state index in [2.05, 4.69) is 10.3 Å². The molecule has 1 aromatic heterocycles. The second-order valence-electron chi connectivity index (χ2n) is 5.16. The van der Waals surface area contributed by atoms with Crippen molar-refractivity contribution in [3.63, 3.8) is 0 Å². The summed E-state index contributed by atoms with van der Waals surface area (Å²) in [6.07, 6.45) is 0. The van der Waals surface area contributed by atoms with Gasteiger partial charge in [0.25, 0.3) is 11.8 Å². The number of hydrogen-bond donors (Lipinski definition) is 1. The SMILES string of the molecule is CCN(CC)C(=O)c1cccc(C(=O)NCc2ccccc2Cl)n1. The molecule has 0 spiro atoms. The predicted octanol–water partition coefficient (Wildman–Crippen LogP) is 3.15. The Morgan fingerprint density at radius 3 is 2.38 bits per heavy atom. The molecule has 1 N–H and O–H groups in total. The van der Waals surface area contributed by atoms with Crippen molar-refractivity contribution < 1.29 is 9.59 Å². The Hall–Kier alpha value is -2.40. The highest BCUT2D eigenvalue weighted by atomic mass is 35.5. The van der Waals surface area contributed by atoms with Gasteiger partial charge in [-0.05, 0) is 37.6 Å². The van der Waals surface area contributed by atoms with Crippen molar-refractivity contribution in [2.24, 2.45) is 0 Å². The van der Waals surface area contributed by atoms with Gasteiger partial charge in [0.15, 0.2) is 0 Å². The number of aromatic nitrogens is 1. The Balaban J connectivity index is 2.09. The Kier molecular flexibility index (Phi) is 6.32. The lowest BCUT2D eigenvalue weighted by Gasteiger charge is -2.18. The van der Waals surface area contributed by atoms with Gasteiger partial charge in [-0.3, -0.25) is 9.59 Å². The number of benzene rings is 1. The summed E-state index contributed by atoms with van der Waals surface area (Å²) < 4.78 is 0. The molecule has 6 heteroatoms. The highest BCUT2D eigenvalue weighted by Gasteiger charge is 2.16. The van der Waals surface area contributed by atoms with Gasteiger partial charge in [0.2, 0.25) is 0 Å². The van der Waals surface area contributed by atoms with Crippen LogP contribution < -0.4 is 5.32 Å². The van der Waals surface area contributed by atoms with Crippen LogP contribution in [-0.2, 0) is 6.54 Å². The van der Waals surface area contributed by atoms with Gasteiger partial charge >= 0.3 is 0 Å². The number of amides is 2. The van der Waals surface area contributed by atoms with E-state index in [-0.39, 0.29) is 23.2 Å². The molecule has 1 heterocycles. The average Bonchev–Trinajstić information content (AvgIpc) is 2.62. The van der Waals surface area contributed by atoms with E-state index in [9.17, 15) is 9.59 Å². The normalized spacial score (nSPS) is 10.3. The van der Waals surface area contributed by atoms with E-state index in [0.717, 1.165) is 5.56 Å². The molecule has 0 aliphatic heterocycles. The number of nitrogens with one attached hydrogen (secondary N) is 1. The summed E-state index contributed by atoms with van der Waals surface area (Å²) in [7, 11) is 0. The van der Waals surface area contributed by atoms with Gasteiger partial charge in [-0.25, -0.2) is 4.98 Å². The molecule has 2 aromatic rings. The number of carbonyl (C=O) groups is 2. The van der Waals surface area contributed by atoms with Crippen LogP contribution in [0.1, 0.15) is 40.4 Å². The predicted molar refractivity (Wildman–Crippen MR) is 94.1 cm³/mol. The average molecular weight is 346 g/mol. The lowest BCUT2D eigenvalue weighted by Crippen LogP contribution is -2.32. The summed E-state index contributed by atoms with van der Waals surface area (Å²) in [6.45, 7) is 5.30. The molecule has 2 amide bonds. The maximum absolute atomic E-state index is 12.3. The maximum Gasteiger partial charge on any atom is 0.272 e. The third-order valence-corrected chi connectivity index (χ3v) is 4.02. The monoisotopic (exact) mass is 345 g/mol. The zero-order valence-electron chi connectivity index (χ0n) is 13.8. The minimum absolute atomic E-state index is 0.180. The van der Waals surface area contributed by atoms with Crippen LogP contribution in [0.2, 0.25) is 5.02 Å². The van der Waals surface area contributed by atoms with E-state index in [1.165, 1.54) is 0 Å². The number of nitrogens with zero attached hydrogens (tertiary/aromatic N) is 2. The zero-order chi connectivity index (χ0) is 17.5. The Bertz CT molecular complexity index is 730. The number of pyridine rings is 1. The van der Waals surface area contributed by atoms with Crippen LogP contribution in [0.5, 0.6) is 0 Å². The maximum atomic E-state index is 12.3. The summed E-state index contributed by atoms with van der Waals surface area (Å²) >= 11 is 6.07. The van der Waals surface area contributed by atoms with E-state index < -0.39 is 0 Å². The standard InChI is InChI=1S/C18H20ClN3O2/c1-3-22(4-2)18(24)16-11-7-10-15(21-16)17(23)20-12-13-8-5-6-9-14(13)19/h5-11H,3-4,12H2,1-2H3,(H,20,23). The van der Waals surface area contributed by atoms with Crippen molar-refractivity contribution in [3.8, 4) is 0 Å². The van der Waals surface area contributed by atoms with Gasteiger partial charge in [0, 0.05) is 24.7 Å². The van der Waals surface area contributed by atoms with Gasteiger partial charge in [-0.15, -0.1) is 0 Å². The first-order chi connectivity index (χ1) is 11.6. The smallest absolute Gasteiger partial charge is 0.272 e. The lowest BCUT2D eigenvalue weighted by atomic mass is 10.2. The van der Waals surface area contributed by atoms with E-state index in [4.69, 9.17) is 11.6 Å². The zero-order valence-corrected chi connectivity index (χ0v) is 14.5. The molecule has 0 unspecified atom stereocenters. The summed E-state index contributed by atoms with van der Waals surface area (Å²) in [5.41, 5.74) is 1.30. The van der Waals surface area contributed by atoms with E-state index in [1.54, 1.807) is 29.2 Å². The summed E-state index contributed by atoms with van der Waals surface area (Å²) in [4.78, 5) is 30.4. The van der Waals surface area contributed by atoms with Crippen molar-refractivity contribution in [2.45, 2.75) is 20.4 Å². The molecule has 126 valence electrons. The molecule has 0 bridgehead atoms. The molecule has 5 nitrogen and oxygen atoms in total. The Morgan fingerprint density at radius 2 is 1.71 bits per heavy atom. The van der Waals surface area contributed by atoms with Gasteiger partial charge < -0.3 is 10.2 Å². The van der Waals surface area contributed by atoms with Crippen molar-refractivity contribution in [1.29, 1.82) is 0 Å². The fourth-order valence-electron chi connectivity index (χ4n) is 2.26. The molecule has 24 heavy (non-hydrogen) atoms. The van der Waals surface area contributed by atoms with Crippen molar-refractivity contribution in [2.75, 3.05) is 13.1 Å². The summed E-state index contributed by atoms with van der Waals surface area (Å²) in [5.74, 6) is -0.523. The molecule has 0 fully saturated rings. The lowest BCUT2D eigenvalue weighted by molar-refractivity contribution is 0.0767. The van der Waals surface area contributed by atoms with Gasteiger partial charge in [0.05, 0.1) is 0 Å². The van der Waals surface area contributed by atoms with Crippen LogP contribution >= 0.6 is 11.6 Å². The van der Waals surface area contributed by atoms with Crippen LogP contribution in [0.25, 0.3) is 0 Å². The first kappa shape index (κ1) is 17.9. The second-order valence-corrected chi connectivity index (χ2v) is 5.57. The highest BCUT2D eigenvalue weighted by molar-refractivity contribution is 6.31. The molecular formula is C18H20ClN3O2. The minimum Gasteiger partial charge on any atom is -0.347 e. The molecule has 1 aromatic carbocycles. The van der Waals surface area contributed by atoms with Crippen LogP contribution in [-0.4, -0.2) is 34.8 Å². The Morgan fingerprint density at radius 1 is 1.04 bits per heavy atom. The van der Waals surface area contributed by atoms with Crippen molar-refractivity contribution in [3.05, 3.63) is 64.4 Å². The molecule has 0 aliphatic rings. The quantitative estimate of drug-likeness (QED) is 0.874. The van der Waals surface area contributed by atoms with Crippen molar-refractivity contribution >= 4 is 23.4 Å². The van der Waals surface area contributed by atoms with Crippen LogP contribution in [0.15, 0.2) is 42.5 Å². The molecular weight excluding hydrogens is 326 g/mol. The largest absolute Gasteiger partial charge is 0.347 e. The fraction of sp³-hybridized carbons (Fsp3) is 0.278. The number of carbonyl (C=O) groups excluding carboxylic acids is 2. The highest BCUT2D eigenvalue weighted by Crippen LogP contribution is 2.14. The Labute approximate surface area is 146 Å². The minimum atomic E-state index is -0.343. The fourth-order valence-corrected chi connectivity index (χ4v) is 2.46. The molecule has 0 aliphatic carbocycles. The van der Waals surface area contributed by atoms with Gasteiger partial charge in [0.1, 0.15) is 11.4 Å². The third kappa shape index (κ3) is 4.32. The van der Waals surface area contributed by atoms with Gasteiger partial charge in [-0.2, -0.15) is 0 Å². The number of rotatable bonds is 6. The van der Waals surface area contributed by atoms with Crippen molar-refractivity contribution in [1.82, 2.24) is 15.2 Å². The topological polar surface area (TPSA) is 62.3 Å². The molecule has 0 saturated heterocycles. The molecule has 2 rings (SSSR count). The summed E-state index contributed by atoms with van der Waals surface area (Å²) in [6, 6.07) is 12.2. The van der Waals surface area contributed by atoms with Crippen LogP contribution in [0, 0.1) is 0 Å². The summed E-state index contributed by atoms with van der Waals surface area (Å²) in [5, 5.41) is 3.36.